The smallest absolute Gasteiger partial charge is 0.338 e. The lowest BCUT2D eigenvalue weighted by molar-refractivity contribution is -0.138. The molecule has 0 aliphatic rings. The zero-order valence-corrected chi connectivity index (χ0v) is 15.2. The van der Waals surface area contributed by atoms with E-state index in [0.717, 1.165) is 24.3 Å². The Morgan fingerprint density at radius 2 is 1.25 bits per heavy atom. The van der Waals surface area contributed by atoms with Gasteiger partial charge in [-0.25, -0.2) is 13.6 Å². The van der Waals surface area contributed by atoms with Crippen LogP contribution in [0.5, 0.6) is 11.5 Å². The van der Waals surface area contributed by atoms with Gasteiger partial charge in [-0.2, -0.15) is 8.78 Å². The van der Waals surface area contributed by atoms with Gasteiger partial charge in [0.2, 0.25) is 11.6 Å². The molecule has 0 aliphatic carbocycles. The fourth-order valence-electron chi connectivity index (χ4n) is 2.05. The Hall–Kier alpha value is -3.16. The van der Waals surface area contributed by atoms with Crippen LogP contribution in [0.3, 0.4) is 0 Å². The van der Waals surface area contributed by atoms with Crippen molar-refractivity contribution >= 4 is 11.9 Å². The van der Waals surface area contributed by atoms with Crippen molar-refractivity contribution < 1.29 is 36.6 Å². The van der Waals surface area contributed by atoms with Crippen molar-refractivity contribution in [2.24, 2.45) is 5.92 Å². The number of carbonyl (C=O) groups excluding carboxylic acids is 2. The minimum absolute atomic E-state index is 0.0384. The zero-order valence-electron chi connectivity index (χ0n) is 15.2. The lowest BCUT2D eigenvalue weighted by atomic mass is 10.0. The Morgan fingerprint density at radius 1 is 0.821 bits per heavy atom. The second kappa shape index (κ2) is 8.24. The van der Waals surface area contributed by atoms with Gasteiger partial charge in [-0.05, 0) is 31.2 Å². The van der Waals surface area contributed by atoms with Crippen molar-refractivity contribution in [3.8, 4) is 22.6 Å². The average Bonchev–Trinajstić information content (AvgIpc) is 2.63. The summed E-state index contributed by atoms with van der Waals surface area (Å²) in [4.78, 5) is 23.0. The molecule has 8 heteroatoms. The van der Waals surface area contributed by atoms with E-state index in [1.54, 1.807) is 0 Å². The van der Waals surface area contributed by atoms with Crippen LogP contribution < -0.4 is 9.47 Å². The van der Waals surface area contributed by atoms with Crippen LogP contribution in [0.15, 0.2) is 36.4 Å². The second-order valence-corrected chi connectivity index (χ2v) is 6.22. The lowest BCUT2D eigenvalue weighted by Crippen LogP contribution is -2.16. The third-order valence-corrected chi connectivity index (χ3v) is 3.62. The van der Waals surface area contributed by atoms with Crippen LogP contribution in [0.1, 0.15) is 20.8 Å². The highest BCUT2D eigenvalue weighted by atomic mass is 19.2. The van der Waals surface area contributed by atoms with E-state index in [1.165, 1.54) is 20.8 Å². The molecule has 0 aromatic heterocycles. The first kappa shape index (κ1) is 21.1. The number of esters is 2. The molecule has 148 valence electrons. The number of hydrogen-bond donors (Lipinski definition) is 0. The molecule has 0 spiro atoms. The quantitative estimate of drug-likeness (QED) is 0.311. The van der Waals surface area contributed by atoms with Crippen molar-refractivity contribution in [3.63, 3.8) is 0 Å². The molecule has 0 fully saturated rings. The summed E-state index contributed by atoms with van der Waals surface area (Å²) < 4.78 is 66.5. The van der Waals surface area contributed by atoms with E-state index >= 15 is 0 Å². The van der Waals surface area contributed by atoms with Gasteiger partial charge >= 0.3 is 11.9 Å². The van der Waals surface area contributed by atoms with Gasteiger partial charge in [-0.15, -0.1) is 0 Å². The molecular formula is C20H16F4O4. The summed E-state index contributed by atoms with van der Waals surface area (Å²) in [5.74, 6) is -9.89. The number of ether oxygens (including phenoxy) is 2. The van der Waals surface area contributed by atoms with Gasteiger partial charge in [-0.1, -0.05) is 20.4 Å². The molecule has 2 aromatic rings. The summed E-state index contributed by atoms with van der Waals surface area (Å²) in [6.07, 6.45) is 0. The van der Waals surface area contributed by atoms with E-state index in [1.807, 2.05) is 0 Å². The number of halogens is 4. The van der Waals surface area contributed by atoms with Gasteiger partial charge in [0, 0.05) is 16.7 Å². The maximum atomic E-state index is 14.4. The van der Waals surface area contributed by atoms with E-state index in [2.05, 4.69) is 11.3 Å². The van der Waals surface area contributed by atoms with Crippen LogP contribution >= 0.6 is 0 Å². The molecule has 0 radical (unpaired) electrons. The van der Waals surface area contributed by atoms with Crippen molar-refractivity contribution in [1.82, 2.24) is 0 Å². The van der Waals surface area contributed by atoms with Gasteiger partial charge < -0.3 is 9.47 Å². The SMILES string of the molecule is C=C(C)C(=O)Oc1ccc(-c2ccc(OC(=O)C(C)C)c(F)c2F)c(F)c1F. The maximum Gasteiger partial charge on any atom is 0.338 e. The van der Waals surface area contributed by atoms with Gasteiger partial charge in [0.15, 0.2) is 23.1 Å². The summed E-state index contributed by atoms with van der Waals surface area (Å²) in [7, 11) is 0. The average molecular weight is 396 g/mol. The molecule has 0 unspecified atom stereocenters. The van der Waals surface area contributed by atoms with Crippen LogP contribution in [0.2, 0.25) is 0 Å². The summed E-state index contributed by atoms with van der Waals surface area (Å²) >= 11 is 0. The molecule has 0 N–H and O–H groups in total. The maximum absolute atomic E-state index is 14.4. The normalized spacial score (nSPS) is 10.7. The molecule has 0 saturated carbocycles. The molecule has 0 saturated heterocycles. The Morgan fingerprint density at radius 3 is 1.64 bits per heavy atom. The predicted octanol–water partition coefficient (Wildman–Crippen LogP) is 4.95. The first-order valence-corrected chi connectivity index (χ1v) is 8.10. The molecule has 0 aliphatic heterocycles. The Labute approximate surface area is 158 Å². The molecular weight excluding hydrogens is 380 g/mol. The van der Waals surface area contributed by atoms with Crippen molar-refractivity contribution in [3.05, 3.63) is 59.7 Å². The highest BCUT2D eigenvalue weighted by Crippen LogP contribution is 2.34. The van der Waals surface area contributed by atoms with Gasteiger partial charge in [0.1, 0.15) is 0 Å². The third-order valence-electron chi connectivity index (χ3n) is 3.62. The molecule has 28 heavy (non-hydrogen) atoms. The fraction of sp³-hybridized carbons (Fsp3) is 0.200. The topological polar surface area (TPSA) is 52.6 Å². The minimum atomic E-state index is -1.55. The third kappa shape index (κ3) is 4.21. The van der Waals surface area contributed by atoms with E-state index in [0.29, 0.717) is 0 Å². The molecule has 4 nitrogen and oxygen atoms in total. The monoisotopic (exact) mass is 396 g/mol. The Bertz CT molecular complexity index is 967. The van der Waals surface area contributed by atoms with Crippen LogP contribution in [-0.2, 0) is 9.59 Å². The second-order valence-electron chi connectivity index (χ2n) is 6.22. The first-order valence-electron chi connectivity index (χ1n) is 8.10. The van der Waals surface area contributed by atoms with Crippen LogP contribution in [0.4, 0.5) is 17.6 Å². The van der Waals surface area contributed by atoms with Crippen LogP contribution in [0.25, 0.3) is 11.1 Å². The van der Waals surface area contributed by atoms with Crippen LogP contribution in [-0.4, -0.2) is 11.9 Å². The number of rotatable bonds is 5. The lowest BCUT2D eigenvalue weighted by Gasteiger charge is -2.12. The largest absolute Gasteiger partial charge is 0.423 e. The first-order chi connectivity index (χ1) is 13.0. The molecule has 0 bridgehead atoms. The van der Waals surface area contributed by atoms with Crippen LogP contribution in [0, 0.1) is 29.2 Å². The highest BCUT2D eigenvalue weighted by Gasteiger charge is 2.24. The van der Waals surface area contributed by atoms with Crippen molar-refractivity contribution in [1.29, 1.82) is 0 Å². The van der Waals surface area contributed by atoms with Gasteiger partial charge in [0.05, 0.1) is 5.92 Å². The summed E-state index contributed by atoms with van der Waals surface area (Å²) in [6.45, 7) is 7.64. The van der Waals surface area contributed by atoms with Gasteiger partial charge in [0.25, 0.3) is 0 Å². The Balaban J connectivity index is 2.44. The van der Waals surface area contributed by atoms with Crippen molar-refractivity contribution in [2.75, 3.05) is 0 Å². The standard InChI is InChI=1S/C20H16F4O4/c1-9(2)19(25)27-13-7-5-11(15(21)17(13)23)12-6-8-14(18(24)16(12)22)28-20(26)10(3)4/h5-8,10H,1H2,2-4H3. The zero-order chi connectivity index (χ0) is 21.2. The van der Waals surface area contributed by atoms with E-state index in [9.17, 15) is 27.2 Å². The molecule has 2 rings (SSSR count). The molecule has 0 atom stereocenters. The molecule has 0 heterocycles. The molecule has 2 aromatic carbocycles. The number of carbonyl (C=O) groups is 2. The Kier molecular flexibility index (Phi) is 6.23. The fourth-order valence-corrected chi connectivity index (χ4v) is 2.05. The van der Waals surface area contributed by atoms with Crippen molar-refractivity contribution in [2.45, 2.75) is 20.8 Å². The summed E-state index contributed by atoms with van der Waals surface area (Å²) in [5.41, 5.74) is -1.25. The number of hydrogen-bond acceptors (Lipinski definition) is 4. The summed E-state index contributed by atoms with van der Waals surface area (Å²) in [5, 5.41) is 0. The number of benzene rings is 2. The minimum Gasteiger partial charge on any atom is -0.423 e. The summed E-state index contributed by atoms with van der Waals surface area (Å²) in [6, 6.07) is 3.70. The van der Waals surface area contributed by atoms with E-state index in [4.69, 9.17) is 4.74 Å². The predicted molar refractivity (Wildman–Crippen MR) is 92.6 cm³/mol. The van der Waals surface area contributed by atoms with E-state index < -0.39 is 63.8 Å². The molecule has 0 amide bonds. The highest BCUT2D eigenvalue weighted by molar-refractivity contribution is 5.88. The van der Waals surface area contributed by atoms with E-state index in [-0.39, 0.29) is 5.57 Å². The van der Waals surface area contributed by atoms with Gasteiger partial charge in [-0.3, -0.25) is 4.79 Å².